The fourth-order valence-corrected chi connectivity index (χ4v) is 1.23. The van der Waals surface area contributed by atoms with Crippen LogP contribution >= 0.6 is 0 Å². The Morgan fingerprint density at radius 3 is 2.94 bits per heavy atom. The molecule has 0 saturated heterocycles. The molecule has 0 aromatic heterocycles. The topological polar surface area (TPSA) is 120 Å². The third-order valence-electron chi connectivity index (χ3n) is 1.97. The van der Waals surface area contributed by atoms with E-state index >= 15 is 0 Å². The van der Waals surface area contributed by atoms with Crippen molar-refractivity contribution in [3.63, 3.8) is 0 Å². The quantitative estimate of drug-likeness (QED) is 0.394. The minimum Gasteiger partial charge on any atom is -0.481 e. The van der Waals surface area contributed by atoms with Crippen LogP contribution in [0.2, 0.25) is 0 Å². The van der Waals surface area contributed by atoms with E-state index < -0.39 is 24.3 Å². The summed E-state index contributed by atoms with van der Waals surface area (Å²) < 4.78 is 0. The van der Waals surface area contributed by atoms with E-state index in [0.29, 0.717) is 6.54 Å². The van der Waals surface area contributed by atoms with Crippen LogP contribution in [0.1, 0.15) is 6.42 Å². The normalized spacial score (nSPS) is 19.9. The molecule has 1 amide bonds. The van der Waals surface area contributed by atoms with Gasteiger partial charge in [0.1, 0.15) is 6.04 Å². The van der Waals surface area contributed by atoms with Crippen LogP contribution in [0, 0.1) is 0 Å². The van der Waals surface area contributed by atoms with Crippen LogP contribution in [0.25, 0.3) is 0 Å². The van der Waals surface area contributed by atoms with E-state index in [4.69, 9.17) is 5.11 Å². The lowest BCUT2D eigenvalue weighted by molar-refractivity contribution is -0.137. The number of carboxylic acids is 1. The fraction of sp³-hybridized carbons (Fsp3) is 0.556. The monoisotopic (exact) mass is 241 g/mol. The summed E-state index contributed by atoms with van der Waals surface area (Å²) in [7, 11) is 0. The summed E-state index contributed by atoms with van der Waals surface area (Å²) in [4.78, 5) is 36.0. The van der Waals surface area contributed by atoms with E-state index in [9.17, 15) is 14.4 Å². The van der Waals surface area contributed by atoms with Crippen LogP contribution in [-0.2, 0) is 14.4 Å². The zero-order valence-corrected chi connectivity index (χ0v) is 8.97. The van der Waals surface area contributed by atoms with Gasteiger partial charge < -0.3 is 10.4 Å². The summed E-state index contributed by atoms with van der Waals surface area (Å²) in [6, 6.07) is -1.12. The fourth-order valence-electron chi connectivity index (χ4n) is 1.23. The highest BCUT2D eigenvalue weighted by Crippen LogP contribution is 1.89. The van der Waals surface area contributed by atoms with Gasteiger partial charge in [-0.15, -0.1) is 0 Å². The highest BCUT2D eigenvalue weighted by atomic mass is 16.4. The Kier molecular flexibility index (Phi) is 5.24. The van der Waals surface area contributed by atoms with Gasteiger partial charge >= 0.3 is 5.97 Å². The lowest BCUT2D eigenvalue weighted by atomic mass is 10.2. The molecule has 17 heavy (non-hydrogen) atoms. The van der Waals surface area contributed by atoms with Gasteiger partial charge in [0.25, 0.3) is 0 Å². The molecule has 1 aliphatic heterocycles. The van der Waals surface area contributed by atoms with Crippen LogP contribution in [0.15, 0.2) is 4.99 Å². The minimum absolute atomic E-state index is 0.0627. The Balaban J connectivity index is 2.24. The van der Waals surface area contributed by atoms with Crippen LogP contribution in [0.3, 0.4) is 0 Å². The van der Waals surface area contributed by atoms with Crippen molar-refractivity contribution < 1.29 is 19.5 Å². The lowest BCUT2D eigenvalue weighted by Gasteiger charge is -2.12. The highest BCUT2D eigenvalue weighted by Gasteiger charge is 2.17. The average molecular weight is 241 g/mol. The maximum absolute atomic E-state index is 11.3. The average Bonchev–Trinajstić information content (AvgIpc) is 2.77. The first-order valence-corrected chi connectivity index (χ1v) is 4.99. The highest BCUT2D eigenvalue weighted by molar-refractivity contribution is 5.83. The van der Waals surface area contributed by atoms with Gasteiger partial charge in [-0.25, -0.2) is 0 Å². The molecule has 93 valence electrons. The van der Waals surface area contributed by atoms with E-state index in [2.05, 4.69) is 20.9 Å². The molecule has 1 heterocycles. The zero-order valence-electron chi connectivity index (χ0n) is 8.97. The van der Waals surface area contributed by atoms with Crippen molar-refractivity contribution >= 4 is 24.4 Å². The molecule has 0 aliphatic carbocycles. The predicted octanol–water partition coefficient (Wildman–Crippen LogP) is -2.40. The SMILES string of the molecule is O=[C][C@H](CC(=O)O)NC(=O)CNC1N=CCN1. The smallest absolute Gasteiger partial charge is 0.305 e. The van der Waals surface area contributed by atoms with Crippen LogP contribution in [0.4, 0.5) is 0 Å². The molecule has 8 heteroatoms. The summed E-state index contributed by atoms with van der Waals surface area (Å²) in [5.41, 5.74) is 0. The van der Waals surface area contributed by atoms with Crippen molar-refractivity contribution in [2.24, 2.45) is 4.99 Å². The van der Waals surface area contributed by atoms with Crippen molar-refractivity contribution in [1.82, 2.24) is 16.0 Å². The van der Waals surface area contributed by atoms with Gasteiger partial charge in [0.15, 0.2) is 6.29 Å². The minimum atomic E-state index is -1.17. The molecule has 1 rings (SSSR count). The predicted molar refractivity (Wildman–Crippen MR) is 58.2 cm³/mol. The van der Waals surface area contributed by atoms with Gasteiger partial charge in [0.05, 0.1) is 13.0 Å². The number of nitrogens with zero attached hydrogens (tertiary/aromatic N) is 1. The first-order valence-electron chi connectivity index (χ1n) is 4.99. The molecule has 0 saturated carbocycles. The maximum Gasteiger partial charge on any atom is 0.305 e. The van der Waals surface area contributed by atoms with Crippen LogP contribution in [0.5, 0.6) is 0 Å². The van der Waals surface area contributed by atoms with Crippen LogP contribution in [-0.4, -0.2) is 54.9 Å². The number of hydrogen-bond acceptors (Lipinski definition) is 6. The van der Waals surface area contributed by atoms with Gasteiger partial charge in [-0.05, 0) is 0 Å². The molecule has 8 nitrogen and oxygen atoms in total. The second kappa shape index (κ2) is 6.71. The summed E-state index contributed by atoms with van der Waals surface area (Å²) in [6.07, 6.45) is 2.33. The summed E-state index contributed by atoms with van der Waals surface area (Å²) in [6.45, 7) is 0.565. The van der Waals surface area contributed by atoms with Gasteiger partial charge in [-0.2, -0.15) is 0 Å². The molecule has 1 radical (unpaired) electrons. The number of carbonyl (C=O) groups excluding carboxylic acids is 2. The second-order valence-corrected chi connectivity index (χ2v) is 3.36. The number of carbonyl (C=O) groups is 2. The zero-order chi connectivity index (χ0) is 12.7. The first-order chi connectivity index (χ1) is 8.11. The van der Waals surface area contributed by atoms with Crippen molar-refractivity contribution in [3.05, 3.63) is 0 Å². The molecule has 0 aromatic rings. The van der Waals surface area contributed by atoms with Crippen molar-refractivity contribution in [1.29, 1.82) is 0 Å². The Hall–Kier alpha value is -1.80. The third-order valence-corrected chi connectivity index (χ3v) is 1.97. The summed E-state index contributed by atoms with van der Waals surface area (Å²) in [5.74, 6) is -1.66. The van der Waals surface area contributed by atoms with Gasteiger partial charge in [-0.3, -0.25) is 30.0 Å². The molecule has 0 bridgehead atoms. The molecule has 0 spiro atoms. The Morgan fingerprint density at radius 2 is 2.41 bits per heavy atom. The van der Waals surface area contributed by atoms with E-state index in [-0.39, 0.29) is 12.8 Å². The lowest BCUT2D eigenvalue weighted by Crippen LogP contribution is -2.46. The van der Waals surface area contributed by atoms with E-state index in [1.54, 1.807) is 6.21 Å². The largest absolute Gasteiger partial charge is 0.481 e. The van der Waals surface area contributed by atoms with E-state index in [1.165, 1.54) is 6.29 Å². The Bertz CT molecular complexity index is 331. The molecule has 1 aliphatic rings. The number of hydrogen-bond donors (Lipinski definition) is 4. The molecule has 0 aromatic carbocycles. The molecule has 1 unspecified atom stereocenters. The molecule has 4 N–H and O–H groups in total. The van der Waals surface area contributed by atoms with Gasteiger partial charge in [-0.1, -0.05) is 0 Å². The first kappa shape index (κ1) is 13.3. The third kappa shape index (κ3) is 5.18. The Labute approximate surface area is 97.5 Å². The molecular weight excluding hydrogens is 228 g/mol. The number of nitrogens with one attached hydrogen (secondary N) is 3. The van der Waals surface area contributed by atoms with Crippen LogP contribution < -0.4 is 16.0 Å². The summed E-state index contributed by atoms with van der Waals surface area (Å²) >= 11 is 0. The van der Waals surface area contributed by atoms with Crippen molar-refractivity contribution in [2.75, 3.05) is 13.1 Å². The van der Waals surface area contributed by atoms with E-state index in [1.807, 2.05) is 0 Å². The number of rotatable bonds is 7. The van der Waals surface area contributed by atoms with Crippen molar-refractivity contribution in [3.8, 4) is 0 Å². The number of aliphatic imine (C=N–C) groups is 1. The van der Waals surface area contributed by atoms with Crippen molar-refractivity contribution in [2.45, 2.75) is 18.8 Å². The number of aliphatic carboxylic acids is 1. The standard InChI is InChI=1S/C9H13N4O4/c14-5-6(3-8(16)17)13-7(15)4-12-9-10-1-2-11-9/h1,6,9,11-12H,2-4H2,(H,13,15)(H,16,17)/t6-,9?/m0/s1. The molecule has 0 fully saturated rings. The molecule has 2 atom stereocenters. The number of amides is 1. The van der Waals surface area contributed by atoms with Gasteiger partial charge in [0, 0.05) is 12.8 Å². The summed E-state index contributed by atoms with van der Waals surface area (Å²) in [5, 5.41) is 16.4. The second-order valence-electron chi connectivity index (χ2n) is 3.36. The van der Waals surface area contributed by atoms with Gasteiger partial charge in [0.2, 0.25) is 12.2 Å². The van der Waals surface area contributed by atoms with E-state index in [0.717, 1.165) is 0 Å². The Morgan fingerprint density at radius 1 is 1.65 bits per heavy atom. The maximum atomic E-state index is 11.3. The molecular formula is C9H13N4O4. The number of carboxylic acid groups (broad SMARTS) is 1.